The van der Waals surface area contributed by atoms with Gasteiger partial charge in [0, 0.05) is 18.2 Å². The number of hydrogen-bond donors (Lipinski definition) is 2. The molecule has 0 aliphatic carbocycles. The summed E-state index contributed by atoms with van der Waals surface area (Å²) in [5.41, 5.74) is 0.877. The van der Waals surface area contributed by atoms with Gasteiger partial charge in [0.2, 0.25) is 0 Å². The fourth-order valence-corrected chi connectivity index (χ4v) is 1.42. The number of pyridine rings is 1. The average Bonchev–Trinajstić information content (AvgIpc) is 2.22. The monoisotopic (exact) mass is 225 g/mol. The molecule has 2 N–H and O–H groups in total. The van der Waals surface area contributed by atoms with Gasteiger partial charge in [-0.3, -0.25) is 0 Å². The molecule has 0 aliphatic rings. The molecule has 16 heavy (non-hydrogen) atoms. The van der Waals surface area contributed by atoms with E-state index in [4.69, 9.17) is 0 Å². The molecular formula is C12H20FN3. The summed E-state index contributed by atoms with van der Waals surface area (Å²) in [6.45, 7) is 7.75. The Morgan fingerprint density at radius 2 is 2.19 bits per heavy atom. The normalized spacial score (nSPS) is 10.8. The zero-order chi connectivity index (χ0) is 12.0. The van der Waals surface area contributed by atoms with Crippen LogP contribution >= 0.6 is 0 Å². The third-order valence-corrected chi connectivity index (χ3v) is 2.10. The smallest absolute Gasteiger partial charge is 0.141 e. The maximum atomic E-state index is 13.1. The number of aromatic nitrogens is 1. The van der Waals surface area contributed by atoms with Gasteiger partial charge in [-0.25, -0.2) is 9.37 Å². The SMILES string of the molecule is CCCNCc1cc(F)cnc1NC(C)C. The second-order valence-electron chi connectivity index (χ2n) is 4.14. The molecule has 1 aromatic heterocycles. The van der Waals surface area contributed by atoms with Crippen molar-refractivity contribution in [3.8, 4) is 0 Å². The molecule has 1 aromatic rings. The molecule has 0 radical (unpaired) electrons. The first-order valence-electron chi connectivity index (χ1n) is 5.75. The first kappa shape index (κ1) is 12.9. The third kappa shape index (κ3) is 4.14. The van der Waals surface area contributed by atoms with Crippen molar-refractivity contribution >= 4 is 5.82 Å². The number of anilines is 1. The molecule has 90 valence electrons. The van der Waals surface area contributed by atoms with Gasteiger partial charge in [0.15, 0.2) is 0 Å². The zero-order valence-corrected chi connectivity index (χ0v) is 10.2. The second-order valence-corrected chi connectivity index (χ2v) is 4.14. The van der Waals surface area contributed by atoms with Crippen LogP contribution < -0.4 is 10.6 Å². The van der Waals surface area contributed by atoms with Crippen LogP contribution in [0.4, 0.5) is 10.2 Å². The van der Waals surface area contributed by atoms with E-state index >= 15 is 0 Å². The van der Waals surface area contributed by atoms with Crippen molar-refractivity contribution in [3.63, 3.8) is 0 Å². The molecule has 0 saturated heterocycles. The first-order chi connectivity index (χ1) is 7.63. The largest absolute Gasteiger partial charge is 0.368 e. The number of rotatable bonds is 6. The lowest BCUT2D eigenvalue weighted by Crippen LogP contribution is -2.18. The van der Waals surface area contributed by atoms with Crippen LogP contribution in [-0.2, 0) is 6.54 Å². The van der Waals surface area contributed by atoms with Gasteiger partial charge in [0.05, 0.1) is 6.20 Å². The summed E-state index contributed by atoms with van der Waals surface area (Å²) in [6.07, 6.45) is 2.31. The second kappa shape index (κ2) is 6.43. The lowest BCUT2D eigenvalue weighted by molar-refractivity contribution is 0.612. The topological polar surface area (TPSA) is 37.0 Å². The molecule has 1 rings (SSSR count). The highest BCUT2D eigenvalue weighted by atomic mass is 19.1. The van der Waals surface area contributed by atoms with Crippen LogP contribution in [0.2, 0.25) is 0 Å². The molecule has 0 atom stereocenters. The predicted octanol–water partition coefficient (Wildman–Crippen LogP) is 2.54. The van der Waals surface area contributed by atoms with Crippen molar-refractivity contribution in [2.24, 2.45) is 0 Å². The number of nitrogens with one attached hydrogen (secondary N) is 2. The summed E-state index contributed by atoms with van der Waals surface area (Å²) in [7, 11) is 0. The van der Waals surface area contributed by atoms with Gasteiger partial charge < -0.3 is 10.6 Å². The Hall–Kier alpha value is -1.16. The summed E-state index contributed by atoms with van der Waals surface area (Å²) in [5.74, 6) is 0.475. The Bertz CT molecular complexity index is 326. The highest BCUT2D eigenvalue weighted by Gasteiger charge is 2.06. The van der Waals surface area contributed by atoms with Crippen molar-refractivity contribution in [2.45, 2.75) is 39.8 Å². The van der Waals surface area contributed by atoms with Gasteiger partial charge in [-0.1, -0.05) is 6.92 Å². The predicted molar refractivity (Wildman–Crippen MR) is 65.0 cm³/mol. The Morgan fingerprint density at radius 3 is 2.81 bits per heavy atom. The molecular weight excluding hydrogens is 205 g/mol. The quantitative estimate of drug-likeness (QED) is 0.730. The van der Waals surface area contributed by atoms with Crippen molar-refractivity contribution in [2.75, 3.05) is 11.9 Å². The van der Waals surface area contributed by atoms with Crippen molar-refractivity contribution in [3.05, 3.63) is 23.6 Å². The van der Waals surface area contributed by atoms with Crippen LogP contribution in [0.5, 0.6) is 0 Å². The minimum absolute atomic E-state index is 0.289. The first-order valence-corrected chi connectivity index (χ1v) is 5.75. The molecule has 0 saturated carbocycles. The van der Waals surface area contributed by atoms with Crippen molar-refractivity contribution in [1.29, 1.82) is 0 Å². The highest BCUT2D eigenvalue weighted by Crippen LogP contribution is 2.14. The fraction of sp³-hybridized carbons (Fsp3) is 0.583. The van der Waals surface area contributed by atoms with Crippen LogP contribution in [0, 0.1) is 5.82 Å². The van der Waals surface area contributed by atoms with Crippen LogP contribution in [0.15, 0.2) is 12.3 Å². The van der Waals surface area contributed by atoms with E-state index in [1.807, 2.05) is 13.8 Å². The van der Waals surface area contributed by atoms with E-state index in [2.05, 4.69) is 22.5 Å². The van der Waals surface area contributed by atoms with E-state index < -0.39 is 0 Å². The Balaban J connectivity index is 2.73. The molecule has 0 aromatic carbocycles. The van der Waals surface area contributed by atoms with Crippen LogP contribution in [-0.4, -0.2) is 17.6 Å². The summed E-state index contributed by atoms with van der Waals surface area (Å²) in [4.78, 5) is 4.07. The number of nitrogens with zero attached hydrogens (tertiary/aromatic N) is 1. The minimum atomic E-state index is -0.289. The summed E-state index contributed by atoms with van der Waals surface area (Å²) in [6, 6.07) is 1.82. The standard InChI is InChI=1S/C12H20FN3/c1-4-5-14-7-10-6-11(13)8-15-12(10)16-9(2)3/h6,8-9,14H,4-5,7H2,1-3H3,(H,15,16). The maximum Gasteiger partial charge on any atom is 0.141 e. The molecule has 3 nitrogen and oxygen atoms in total. The van der Waals surface area contributed by atoms with Crippen LogP contribution in [0.3, 0.4) is 0 Å². The summed E-state index contributed by atoms with van der Waals surface area (Å²) in [5, 5.41) is 6.46. The average molecular weight is 225 g/mol. The van der Waals surface area contributed by atoms with E-state index in [1.54, 1.807) is 0 Å². The molecule has 0 aliphatic heterocycles. The summed E-state index contributed by atoms with van der Waals surface area (Å²) < 4.78 is 13.1. The van der Waals surface area contributed by atoms with E-state index in [0.29, 0.717) is 12.6 Å². The van der Waals surface area contributed by atoms with Gasteiger partial charge in [0.25, 0.3) is 0 Å². The molecule has 1 heterocycles. The van der Waals surface area contributed by atoms with Crippen molar-refractivity contribution < 1.29 is 4.39 Å². The molecule has 0 spiro atoms. The number of halogens is 1. The Morgan fingerprint density at radius 1 is 1.44 bits per heavy atom. The molecule has 0 amide bonds. The lowest BCUT2D eigenvalue weighted by atomic mass is 10.2. The van der Waals surface area contributed by atoms with Crippen LogP contribution in [0.25, 0.3) is 0 Å². The third-order valence-electron chi connectivity index (χ3n) is 2.10. The maximum absolute atomic E-state index is 13.1. The molecule has 0 fully saturated rings. The van der Waals surface area contributed by atoms with Gasteiger partial charge >= 0.3 is 0 Å². The molecule has 0 bridgehead atoms. The van der Waals surface area contributed by atoms with Gasteiger partial charge in [-0.2, -0.15) is 0 Å². The van der Waals surface area contributed by atoms with Gasteiger partial charge in [0.1, 0.15) is 11.6 Å². The van der Waals surface area contributed by atoms with Gasteiger partial charge in [-0.05, 0) is 32.9 Å². The van der Waals surface area contributed by atoms with E-state index in [1.165, 1.54) is 12.3 Å². The molecule has 0 unspecified atom stereocenters. The van der Waals surface area contributed by atoms with Crippen molar-refractivity contribution in [1.82, 2.24) is 10.3 Å². The van der Waals surface area contributed by atoms with Gasteiger partial charge in [-0.15, -0.1) is 0 Å². The Labute approximate surface area is 96.5 Å². The highest BCUT2D eigenvalue weighted by molar-refractivity contribution is 5.44. The zero-order valence-electron chi connectivity index (χ0n) is 10.2. The Kier molecular flexibility index (Phi) is 5.19. The molecule has 4 heteroatoms. The van der Waals surface area contributed by atoms with E-state index in [9.17, 15) is 4.39 Å². The minimum Gasteiger partial charge on any atom is -0.368 e. The van der Waals surface area contributed by atoms with E-state index in [-0.39, 0.29) is 5.82 Å². The summed E-state index contributed by atoms with van der Waals surface area (Å²) >= 11 is 0. The lowest BCUT2D eigenvalue weighted by Gasteiger charge is -2.14. The fourth-order valence-electron chi connectivity index (χ4n) is 1.42. The number of hydrogen-bond acceptors (Lipinski definition) is 3. The van der Waals surface area contributed by atoms with Crippen LogP contribution in [0.1, 0.15) is 32.8 Å². The van der Waals surface area contributed by atoms with E-state index in [0.717, 1.165) is 24.3 Å².